The van der Waals surface area contributed by atoms with Crippen molar-refractivity contribution in [3.63, 3.8) is 0 Å². The smallest absolute Gasteiger partial charge is 0.240 e. The Bertz CT molecular complexity index is 1200. The predicted molar refractivity (Wildman–Crippen MR) is 148 cm³/mol. The Morgan fingerprint density at radius 3 is 2.59 bits per heavy atom. The lowest BCUT2D eigenvalue weighted by Crippen LogP contribution is -2.62. The molecule has 3 aliphatic carbocycles. The van der Waals surface area contributed by atoms with Crippen LogP contribution in [0, 0.1) is 29.1 Å². The Labute approximate surface area is 230 Å². The van der Waals surface area contributed by atoms with E-state index >= 15 is 0 Å². The van der Waals surface area contributed by atoms with E-state index in [-0.39, 0.29) is 30.9 Å². The highest BCUT2D eigenvalue weighted by atomic mass is 16.7. The largest absolute Gasteiger partial charge is 0.508 e. The van der Waals surface area contributed by atoms with Crippen LogP contribution in [0.2, 0.25) is 0 Å². The molecule has 39 heavy (non-hydrogen) atoms. The van der Waals surface area contributed by atoms with Crippen molar-refractivity contribution in [2.45, 2.75) is 71.4 Å². The fourth-order valence-corrected chi connectivity index (χ4v) is 7.50. The van der Waals surface area contributed by atoms with Gasteiger partial charge in [-0.1, -0.05) is 51.1 Å². The normalized spacial score (nSPS) is 32.3. The number of carbonyl (C=O) groups is 1. The summed E-state index contributed by atoms with van der Waals surface area (Å²) < 4.78 is 5.81. The SMILES string of the molecule is COc1c(CN2O[C@@H](CO)[C@@H]([C@H](C)O)[C@H]2C(=O)N[C@H]2C[C@H]3C[C@H]([C@@H]2C)C3(C)C)cccc1-c1cccc(O)c1. The number of hydrogen-bond acceptors (Lipinski definition) is 7. The van der Waals surface area contributed by atoms with Crippen LogP contribution >= 0.6 is 0 Å². The molecule has 4 aliphatic rings. The Hall–Kier alpha value is -2.65. The number of carbonyl (C=O) groups excluding carboxylic acids is 1. The lowest BCUT2D eigenvalue weighted by Gasteiger charge is -2.62. The van der Waals surface area contributed by atoms with E-state index in [1.165, 1.54) is 6.42 Å². The molecule has 8 nitrogen and oxygen atoms in total. The first-order valence-corrected chi connectivity index (χ1v) is 14.0. The second-order valence-corrected chi connectivity index (χ2v) is 12.3. The average Bonchev–Trinajstić information content (AvgIpc) is 3.28. The number of ether oxygens (including phenoxy) is 1. The van der Waals surface area contributed by atoms with Crippen molar-refractivity contribution in [3.05, 3.63) is 48.0 Å². The van der Waals surface area contributed by atoms with Crippen LogP contribution in [0.4, 0.5) is 0 Å². The van der Waals surface area contributed by atoms with Crippen LogP contribution in [0.25, 0.3) is 11.1 Å². The van der Waals surface area contributed by atoms with Crippen LogP contribution in [0.3, 0.4) is 0 Å². The Kier molecular flexibility index (Phi) is 7.68. The number of benzene rings is 2. The fraction of sp³-hybridized carbons (Fsp3) is 0.581. The minimum atomic E-state index is -0.862. The summed E-state index contributed by atoms with van der Waals surface area (Å²) in [6.07, 6.45) is 0.598. The number of methoxy groups -OCH3 is 1. The van der Waals surface area contributed by atoms with Crippen LogP contribution in [-0.2, 0) is 16.2 Å². The van der Waals surface area contributed by atoms with Crippen LogP contribution < -0.4 is 10.1 Å². The lowest BCUT2D eigenvalue weighted by atomic mass is 9.45. The zero-order valence-electron chi connectivity index (χ0n) is 23.5. The molecule has 8 heteroatoms. The molecule has 4 fully saturated rings. The Morgan fingerprint density at radius 2 is 1.97 bits per heavy atom. The summed E-state index contributed by atoms with van der Waals surface area (Å²) >= 11 is 0. The number of hydrogen-bond donors (Lipinski definition) is 4. The predicted octanol–water partition coefficient (Wildman–Crippen LogP) is 3.73. The van der Waals surface area contributed by atoms with Gasteiger partial charge >= 0.3 is 0 Å². The number of aliphatic hydroxyl groups excluding tert-OH is 2. The van der Waals surface area contributed by atoms with Crippen molar-refractivity contribution in [2.75, 3.05) is 13.7 Å². The first-order chi connectivity index (χ1) is 18.6. The zero-order valence-corrected chi connectivity index (χ0v) is 23.5. The van der Waals surface area contributed by atoms with E-state index in [4.69, 9.17) is 9.57 Å². The quantitative estimate of drug-likeness (QED) is 0.405. The fourth-order valence-electron chi connectivity index (χ4n) is 7.50. The van der Waals surface area contributed by atoms with Crippen molar-refractivity contribution in [1.82, 2.24) is 10.4 Å². The lowest BCUT2D eigenvalue weighted by molar-refractivity contribution is -0.183. The molecule has 1 aliphatic heterocycles. The van der Waals surface area contributed by atoms with Crippen molar-refractivity contribution < 1.29 is 29.7 Å². The summed E-state index contributed by atoms with van der Waals surface area (Å²) in [7, 11) is 1.59. The number of nitrogens with one attached hydrogen (secondary N) is 1. The Balaban J connectivity index is 1.42. The standard InChI is InChI=1S/C31H42N2O6/c1-17-24-13-21(31(24,3)4)14-25(17)32-30(37)28-27(18(2)35)26(16-34)39-33(28)15-20-9-7-11-23(29(20)38-5)19-8-6-10-22(36)12-19/h6-12,17-18,21,24-28,34-36H,13-16H2,1-5H3,(H,32,37)/t17-,18-,21+,24+,25-,26-,27+,28-/m0/s1. The van der Waals surface area contributed by atoms with Crippen LogP contribution in [-0.4, -0.2) is 64.3 Å². The van der Waals surface area contributed by atoms with Gasteiger partial charge in [0.1, 0.15) is 23.6 Å². The molecule has 0 radical (unpaired) electrons. The van der Waals surface area contributed by atoms with Crippen LogP contribution in [0.15, 0.2) is 42.5 Å². The van der Waals surface area contributed by atoms with E-state index in [1.807, 2.05) is 24.3 Å². The molecule has 4 N–H and O–H groups in total. The van der Waals surface area contributed by atoms with Gasteiger partial charge in [-0.3, -0.25) is 9.63 Å². The average molecular weight is 539 g/mol. The molecule has 2 bridgehead atoms. The number of hydroxylamine groups is 2. The summed E-state index contributed by atoms with van der Waals surface area (Å²) in [4.78, 5) is 20.0. The van der Waals surface area contributed by atoms with Gasteiger partial charge in [-0.2, -0.15) is 5.06 Å². The van der Waals surface area contributed by atoms with E-state index in [1.54, 1.807) is 37.3 Å². The van der Waals surface area contributed by atoms with E-state index in [2.05, 4.69) is 26.1 Å². The van der Waals surface area contributed by atoms with Gasteiger partial charge in [0.25, 0.3) is 0 Å². The van der Waals surface area contributed by atoms with E-state index in [9.17, 15) is 20.1 Å². The monoisotopic (exact) mass is 538 g/mol. The maximum Gasteiger partial charge on any atom is 0.240 e. The molecule has 0 unspecified atom stereocenters. The van der Waals surface area contributed by atoms with Crippen molar-refractivity contribution in [2.24, 2.45) is 29.1 Å². The molecule has 212 valence electrons. The highest BCUT2D eigenvalue weighted by Gasteiger charge is 2.57. The van der Waals surface area contributed by atoms with Gasteiger partial charge in [-0.05, 0) is 60.6 Å². The molecule has 3 saturated carbocycles. The second-order valence-electron chi connectivity index (χ2n) is 12.3. The molecule has 2 aromatic carbocycles. The molecular weight excluding hydrogens is 496 g/mol. The van der Waals surface area contributed by atoms with Gasteiger partial charge < -0.3 is 25.4 Å². The summed E-state index contributed by atoms with van der Waals surface area (Å²) in [5.74, 6) is 1.53. The molecule has 0 aromatic heterocycles. The number of phenols is 1. The van der Waals surface area contributed by atoms with Gasteiger partial charge in [0.15, 0.2) is 0 Å². The van der Waals surface area contributed by atoms with Gasteiger partial charge in [-0.15, -0.1) is 0 Å². The van der Waals surface area contributed by atoms with Crippen LogP contribution in [0.1, 0.15) is 46.1 Å². The van der Waals surface area contributed by atoms with Gasteiger partial charge in [0.2, 0.25) is 5.91 Å². The number of nitrogens with zero attached hydrogens (tertiary/aromatic N) is 1. The van der Waals surface area contributed by atoms with Crippen molar-refractivity contribution in [1.29, 1.82) is 0 Å². The van der Waals surface area contributed by atoms with E-state index < -0.39 is 24.2 Å². The third kappa shape index (κ3) is 4.92. The third-order valence-electron chi connectivity index (χ3n) is 9.85. The molecule has 1 amide bonds. The minimum Gasteiger partial charge on any atom is -0.508 e. The summed E-state index contributed by atoms with van der Waals surface area (Å²) in [5.41, 5.74) is 2.70. The highest BCUT2D eigenvalue weighted by molar-refractivity contribution is 5.83. The van der Waals surface area contributed by atoms with E-state index in [0.29, 0.717) is 28.9 Å². The third-order valence-corrected chi connectivity index (χ3v) is 9.85. The molecule has 8 atom stereocenters. The Morgan fingerprint density at radius 1 is 1.23 bits per heavy atom. The van der Waals surface area contributed by atoms with Gasteiger partial charge in [-0.25, -0.2) is 0 Å². The highest BCUT2D eigenvalue weighted by Crippen LogP contribution is 2.61. The number of aliphatic hydroxyl groups is 2. The van der Waals surface area contributed by atoms with Gasteiger partial charge in [0.05, 0.1) is 26.4 Å². The first-order valence-electron chi connectivity index (χ1n) is 14.0. The number of rotatable bonds is 8. The summed E-state index contributed by atoms with van der Waals surface area (Å²) in [5, 5.41) is 35.7. The molecule has 2 aromatic rings. The maximum absolute atomic E-state index is 13.9. The topological polar surface area (TPSA) is 111 Å². The summed E-state index contributed by atoms with van der Waals surface area (Å²) in [6.45, 7) is 8.45. The molecular formula is C31H42N2O6. The molecule has 1 saturated heterocycles. The number of aromatic hydroxyl groups is 1. The number of amides is 1. The number of para-hydroxylation sites is 1. The summed E-state index contributed by atoms with van der Waals surface area (Å²) in [6, 6.07) is 12.0. The van der Waals surface area contributed by atoms with Crippen molar-refractivity contribution in [3.8, 4) is 22.6 Å². The van der Waals surface area contributed by atoms with Crippen molar-refractivity contribution >= 4 is 5.91 Å². The minimum absolute atomic E-state index is 0.0718. The zero-order chi connectivity index (χ0) is 28.1. The number of fused-ring (bicyclic) bond motifs is 2. The first kappa shape index (κ1) is 27.9. The molecule has 0 spiro atoms. The second kappa shape index (κ2) is 10.7. The van der Waals surface area contributed by atoms with Gasteiger partial charge in [0, 0.05) is 23.1 Å². The molecule has 1 heterocycles. The maximum atomic E-state index is 13.9. The molecule has 6 rings (SSSR count). The van der Waals surface area contributed by atoms with E-state index in [0.717, 1.165) is 23.1 Å². The van der Waals surface area contributed by atoms with Crippen LogP contribution in [0.5, 0.6) is 11.5 Å². The number of phenolic OH excluding ortho intramolecular Hbond substituents is 1.